The molecule has 0 unspecified atom stereocenters. The summed E-state index contributed by atoms with van der Waals surface area (Å²) in [6.45, 7) is 9.83. The van der Waals surface area contributed by atoms with E-state index in [1.54, 1.807) is 0 Å². The zero-order chi connectivity index (χ0) is 40.1. The number of nitrogens with zero attached hydrogens (tertiary/aromatic N) is 4. The average Bonchev–Trinajstić information content (AvgIpc) is 3.84. The van der Waals surface area contributed by atoms with Crippen molar-refractivity contribution >= 4 is 67.7 Å². The van der Waals surface area contributed by atoms with Gasteiger partial charge in [0.15, 0.2) is 0 Å². The van der Waals surface area contributed by atoms with E-state index in [0.717, 1.165) is 40.2 Å². The van der Waals surface area contributed by atoms with Gasteiger partial charge in [-0.2, -0.15) is 46.8 Å². The van der Waals surface area contributed by atoms with Crippen LogP contribution in [0.2, 0.25) is 0 Å². The quantitative estimate of drug-likeness (QED) is 0.0819. The molecule has 4 nitrogen and oxygen atoms in total. The Hall–Kier alpha value is -6.00. The van der Waals surface area contributed by atoms with Gasteiger partial charge < -0.3 is 14.4 Å². The van der Waals surface area contributed by atoms with Gasteiger partial charge in [-0.3, -0.25) is 0 Å². The molecule has 10 rings (SSSR count). The smallest absolute Gasteiger partial charge is 0.349 e. The van der Waals surface area contributed by atoms with Crippen LogP contribution in [0.4, 0.5) is 17.1 Å². The third-order valence-electron chi connectivity index (χ3n) is 12.1. The topological polar surface area (TPSA) is 24.3 Å². The molecule has 0 amide bonds. The molecule has 7 aromatic carbocycles. The minimum absolute atomic E-state index is 0. The fraction of sp³-hybridized carbons (Fsp3) is 0.130. The van der Waals surface area contributed by atoms with Crippen LogP contribution in [0, 0.1) is 12.1 Å². The van der Waals surface area contributed by atoms with Crippen LogP contribution in [0.15, 0.2) is 182 Å². The van der Waals surface area contributed by atoms with E-state index in [1.165, 1.54) is 48.6 Å². The summed E-state index contributed by atoms with van der Waals surface area (Å²) in [5, 5.41) is 7.28. The van der Waals surface area contributed by atoms with Crippen LogP contribution < -0.4 is 30.5 Å². The summed E-state index contributed by atoms with van der Waals surface area (Å²) in [6, 6.07) is 72.9. The summed E-state index contributed by atoms with van der Waals surface area (Å²) in [5.41, 5.74) is 9.40. The fourth-order valence-electron chi connectivity index (χ4n) is 9.35. The molecule has 60 heavy (non-hydrogen) atoms. The van der Waals surface area contributed by atoms with E-state index in [0.29, 0.717) is 12.0 Å². The molecule has 0 atom stereocenters. The van der Waals surface area contributed by atoms with Crippen molar-refractivity contribution in [2.75, 3.05) is 16.5 Å². The first kappa shape index (κ1) is 39.5. The van der Waals surface area contributed by atoms with E-state index >= 15 is 0 Å². The largest absolute Gasteiger partial charge is 2.00 e. The number of anilines is 3. The van der Waals surface area contributed by atoms with E-state index in [1.807, 2.05) is 6.20 Å². The SMILES string of the molecule is CC(C)c1ccccc1-c1ccnc(-n2c3[c-]c([Si](c4[c-]c(N5CN(C(C)C)c6ccccc65)ccc4)(c4ccccc4)c4ccccc4)ccc3c3ccccc32)c1.[Pt+2]. The minimum Gasteiger partial charge on any atom is -0.349 e. The molecule has 0 spiro atoms. The molecule has 0 fully saturated rings. The van der Waals surface area contributed by atoms with Crippen LogP contribution in [-0.2, 0) is 21.1 Å². The monoisotopic (exact) mass is 973 g/mol. The van der Waals surface area contributed by atoms with Gasteiger partial charge in [-0.25, -0.2) is 4.98 Å². The Balaban J connectivity index is 0.00000462. The van der Waals surface area contributed by atoms with Gasteiger partial charge in [0, 0.05) is 17.8 Å². The van der Waals surface area contributed by atoms with Crippen LogP contribution >= 0.6 is 0 Å². The number of pyridine rings is 1. The molecule has 0 N–H and O–H groups in total. The van der Waals surface area contributed by atoms with Gasteiger partial charge in [-0.15, -0.1) is 11.5 Å². The van der Waals surface area contributed by atoms with E-state index < -0.39 is 8.07 Å². The van der Waals surface area contributed by atoms with Crippen molar-refractivity contribution in [2.24, 2.45) is 0 Å². The third kappa shape index (κ3) is 6.52. The van der Waals surface area contributed by atoms with Crippen LogP contribution in [0.25, 0.3) is 38.8 Å². The molecule has 0 saturated carbocycles. The number of hydrogen-bond acceptors (Lipinski definition) is 3. The molecule has 0 bridgehead atoms. The Morgan fingerprint density at radius 2 is 1.23 bits per heavy atom. The van der Waals surface area contributed by atoms with Crippen molar-refractivity contribution < 1.29 is 21.1 Å². The first-order chi connectivity index (χ1) is 28.9. The normalized spacial score (nSPS) is 12.7. The minimum atomic E-state index is -3.07. The van der Waals surface area contributed by atoms with Crippen molar-refractivity contribution in [3.8, 4) is 16.9 Å². The molecule has 0 aliphatic carbocycles. The van der Waals surface area contributed by atoms with Crippen LogP contribution in [-0.4, -0.2) is 30.3 Å². The number of hydrogen-bond donors (Lipinski definition) is 0. The summed E-state index contributed by atoms with van der Waals surface area (Å²) >= 11 is 0. The maximum Gasteiger partial charge on any atom is 2.00 e. The number of benzene rings is 7. The number of rotatable bonds is 9. The summed E-state index contributed by atoms with van der Waals surface area (Å²) in [6.07, 6.45) is 1.95. The predicted octanol–water partition coefficient (Wildman–Crippen LogP) is 10.3. The average molecular weight is 974 g/mol. The Kier molecular flexibility index (Phi) is 10.7. The van der Waals surface area contributed by atoms with Gasteiger partial charge in [-0.1, -0.05) is 140 Å². The van der Waals surface area contributed by atoms with Crippen molar-refractivity contribution in [1.29, 1.82) is 0 Å². The van der Waals surface area contributed by atoms with E-state index in [2.05, 4.69) is 230 Å². The second kappa shape index (κ2) is 16.2. The summed E-state index contributed by atoms with van der Waals surface area (Å²) in [5.74, 6) is 1.27. The van der Waals surface area contributed by atoms with E-state index in [-0.39, 0.29) is 21.1 Å². The summed E-state index contributed by atoms with van der Waals surface area (Å²) < 4.78 is 2.33. The molecule has 1 aliphatic rings. The Labute approximate surface area is 369 Å². The predicted molar refractivity (Wildman–Crippen MR) is 250 cm³/mol. The molecular weight excluding hydrogens is 928 g/mol. The Bertz CT molecular complexity index is 2920. The second-order valence-corrected chi connectivity index (χ2v) is 19.9. The van der Waals surface area contributed by atoms with E-state index in [4.69, 9.17) is 4.98 Å². The van der Waals surface area contributed by atoms with Gasteiger partial charge in [0.1, 0.15) is 13.9 Å². The van der Waals surface area contributed by atoms with E-state index in [9.17, 15) is 0 Å². The first-order valence-corrected chi connectivity index (χ1v) is 22.7. The molecule has 6 heteroatoms. The van der Waals surface area contributed by atoms with Crippen molar-refractivity contribution in [3.63, 3.8) is 0 Å². The standard InChI is InChI=1S/C54H46N4Si.Pt/c1-38(2)46-24-11-12-25-47(46)40-32-33-55-54(34-40)58-50-27-14-13-26-48(50)49-31-30-45(36-53(49)58)59(42-19-7-5-8-20-42,43-21-9-6-10-22-43)44-23-17-18-41(35-44)57-37-56(39(3)4)51-28-15-16-29-52(51)57;/h5-34,38-39H,37H2,1-4H3;/q-2;+2. The van der Waals surface area contributed by atoms with Crippen molar-refractivity contribution in [1.82, 2.24) is 9.55 Å². The van der Waals surface area contributed by atoms with Gasteiger partial charge in [0.2, 0.25) is 0 Å². The fourth-order valence-corrected chi connectivity index (χ4v) is 13.9. The number of para-hydroxylation sites is 3. The zero-order valence-electron chi connectivity index (χ0n) is 34.3. The maximum absolute atomic E-state index is 5.08. The Morgan fingerprint density at radius 3 is 1.97 bits per heavy atom. The molecule has 3 heterocycles. The number of fused-ring (bicyclic) bond motifs is 4. The Morgan fingerprint density at radius 1 is 0.583 bits per heavy atom. The molecule has 0 saturated heterocycles. The van der Waals surface area contributed by atoms with Gasteiger partial charge >= 0.3 is 21.1 Å². The van der Waals surface area contributed by atoms with Crippen LogP contribution in [0.1, 0.15) is 39.2 Å². The first-order valence-electron chi connectivity index (χ1n) is 20.7. The second-order valence-electron chi connectivity index (χ2n) is 16.2. The molecule has 2 aromatic heterocycles. The molecule has 9 aromatic rings. The van der Waals surface area contributed by atoms with Gasteiger partial charge in [-0.05, 0) is 82.5 Å². The maximum atomic E-state index is 5.08. The molecular formula is C54H46N4PtSi. The number of aromatic nitrogens is 2. The van der Waals surface area contributed by atoms with Crippen LogP contribution in [0.5, 0.6) is 0 Å². The molecule has 1 aliphatic heterocycles. The van der Waals surface area contributed by atoms with Gasteiger partial charge in [0.05, 0.1) is 18.0 Å². The molecule has 0 radical (unpaired) electrons. The van der Waals surface area contributed by atoms with Gasteiger partial charge in [0.25, 0.3) is 0 Å². The molecule has 296 valence electrons. The summed E-state index contributed by atoms with van der Waals surface area (Å²) in [4.78, 5) is 9.98. The zero-order valence-corrected chi connectivity index (χ0v) is 37.6. The van der Waals surface area contributed by atoms with Crippen LogP contribution in [0.3, 0.4) is 0 Å². The summed E-state index contributed by atoms with van der Waals surface area (Å²) in [7, 11) is -3.07. The van der Waals surface area contributed by atoms with Crippen molar-refractivity contribution in [2.45, 2.75) is 39.7 Å². The van der Waals surface area contributed by atoms with Crippen molar-refractivity contribution in [3.05, 3.63) is 200 Å². The third-order valence-corrected chi connectivity index (χ3v) is 16.7.